The first-order valence-electron chi connectivity index (χ1n) is 14.1. The number of aliphatic hydroxyl groups excluding tert-OH is 8. The fourth-order valence-electron chi connectivity index (χ4n) is 5.26. The molecule has 0 aromatic carbocycles. The molecular formula is C25H41N5O14. The van der Waals surface area contributed by atoms with Crippen molar-refractivity contribution in [2.45, 2.75) is 106 Å². The number of carbonyl (C=O) groups is 3. The Hall–Kier alpha value is -2.85. The van der Waals surface area contributed by atoms with E-state index in [1.807, 2.05) is 0 Å². The Bertz CT molecular complexity index is 1120. The Morgan fingerprint density at radius 1 is 1.11 bits per heavy atom. The molecule has 2 aliphatic heterocycles. The quantitative estimate of drug-likeness (QED) is 0.0906. The van der Waals surface area contributed by atoms with Gasteiger partial charge < -0.3 is 66.1 Å². The lowest BCUT2D eigenvalue weighted by atomic mass is 9.87. The van der Waals surface area contributed by atoms with Crippen molar-refractivity contribution in [1.29, 1.82) is 0 Å². The Kier molecular flexibility index (Phi) is 12.5. The molecule has 0 bridgehead atoms. The van der Waals surface area contributed by atoms with Crippen molar-refractivity contribution in [2.24, 2.45) is 0 Å². The van der Waals surface area contributed by atoms with Gasteiger partial charge in [-0.25, -0.2) is 9.48 Å². The number of nitrogens with zero attached hydrogens (tertiary/aromatic N) is 3. The van der Waals surface area contributed by atoms with E-state index in [0.717, 1.165) is 11.6 Å². The van der Waals surface area contributed by atoms with E-state index in [-0.39, 0.29) is 43.8 Å². The molecule has 11 N–H and O–H groups in total. The largest absolute Gasteiger partial charge is 0.478 e. The number of hydrogen-bond donors (Lipinski definition) is 11. The van der Waals surface area contributed by atoms with E-state index in [0.29, 0.717) is 0 Å². The van der Waals surface area contributed by atoms with Crippen LogP contribution in [0.5, 0.6) is 0 Å². The maximum atomic E-state index is 12.5. The summed E-state index contributed by atoms with van der Waals surface area (Å²) in [5.41, 5.74) is -2.16. The van der Waals surface area contributed by atoms with Crippen molar-refractivity contribution in [3.05, 3.63) is 11.9 Å². The summed E-state index contributed by atoms with van der Waals surface area (Å²) >= 11 is 0. The second kappa shape index (κ2) is 15.4. The molecule has 0 saturated carbocycles. The van der Waals surface area contributed by atoms with Crippen LogP contribution in [0.4, 0.5) is 0 Å². The summed E-state index contributed by atoms with van der Waals surface area (Å²) in [6.45, 7) is -0.289. The molecule has 0 unspecified atom stereocenters. The normalized spacial score (nSPS) is 33.8. The second-order valence-corrected chi connectivity index (χ2v) is 10.9. The van der Waals surface area contributed by atoms with Gasteiger partial charge in [-0.15, -0.1) is 5.10 Å². The van der Waals surface area contributed by atoms with Crippen molar-refractivity contribution >= 4 is 17.8 Å². The summed E-state index contributed by atoms with van der Waals surface area (Å²) in [6, 6.07) is -1.33. The van der Waals surface area contributed by atoms with Gasteiger partial charge in [0.2, 0.25) is 11.8 Å². The highest BCUT2D eigenvalue weighted by Crippen LogP contribution is 2.36. The van der Waals surface area contributed by atoms with Crippen molar-refractivity contribution in [3.8, 4) is 0 Å². The number of carboxylic acid groups (broad SMARTS) is 1. The van der Waals surface area contributed by atoms with Crippen molar-refractivity contribution in [1.82, 2.24) is 25.6 Å². The van der Waals surface area contributed by atoms with E-state index in [2.05, 4.69) is 20.9 Å². The highest BCUT2D eigenvalue weighted by molar-refractivity contribution is 5.76. The molecule has 0 spiro atoms. The van der Waals surface area contributed by atoms with Gasteiger partial charge >= 0.3 is 5.97 Å². The lowest BCUT2D eigenvalue weighted by Gasteiger charge is -2.46. The fraction of sp³-hybridized carbons (Fsp3) is 0.800. The average molecular weight is 636 g/mol. The number of nitrogens with one attached hydrogen (secondary N) is 2. The van der Waals surface area contributed by atoms with Gasteiger partial charge in [-0.3, -0.25) is 9.59 Å². The average Bonchev–Trinajstić information content (AvgIpc) is 3.46. The van der Waals surface area contributed by atoms with Gasteiger partial charge in [0.15, 0.2) is 0 Å². The van der Waals surface area contributed by atoms with Gasteiger partial charge in [-0.1, -0.05) is 5.21 Å². The van der Waals surface area contributed by atoms with Crippen LogP contribution in [0.2, 0.25) is 0 Å². The van der Waals surface area contributed by atoms with Gasteiger partial charge in [0.1, 0.15) is 42.7 Å². The fourth-order valence-corrected chi connectivity index (χ4v) is 5.26. The Balaban J connectivity index is 1.59. The number of carboxylic acids is 1. The van der Waals surface area contributed by atoms with E-state index in [4.69, 9.17) is 9.47 Å². The van der Waals surface area contributed by atoms with E-state index >= 15 is 0 Å². The Labute approximate surface area is 251 Å². The molecule has 0 radical (unpaired) electrons. The smallest absolute Gasteiger partial charge is 0.359 e. The van der Waals surface area contributed by atoms with Crippen LogP contribution in [0.1, 0.15) is 38.3 Å². The number of aryl methyl sites for hydroxylation is 1. The molecule has 44 heavy (non-hydrogen) atoms. The predicted octanol–water partition coefficient (Wildman–Crippen LogP) is -5.94. The number of aromatic nitrogens is 3. The zero-order chi connectivity index (χ0) is 32.8. The molecule has 2 aliphatic rings. The highest BCUT2D eigenvalue weighted by atomic mass is 16.6. The first-order chi connectivity index (χ1) is 20.7. The van der Waals surface area contributed by atoms with Gasteiger partial charge in [-0.05, 0) is 19.3 Å². The van der Waals surface area contributed by atoms with Crippen LogP contribution >= 0.6 is 0 Å². The number of hydrogen-bond acceptors (Lipinski definition) is 15. The Morgan fingerprint density at radius 3 is 2.41 bits per heavy atom. The third-order valence-corrected chi connectivity index (χ3v) is 7.70. The number of carbonyl (C=O) groups excluding carboxylic acids is 2. The molecule has 1 aromatic heterocycles. The van der Waals surface area contributed by atoms with Crippen LogP contribution in [-0.2, 0) is 36.0 Å². The molecule has 3 heterocycles. The minimum Gasteiger partial charge on any atom is -0.478 e. The van der Waals surface area contributed by atoms with Gasteiger partial charge in [0.25, 0.3) is 5.72 Å². The highest BCUT2D eigenvalue weighted by Gasteiger charge is 2.56. The standard InChI is InChI=1S/C25H41N5O14/c1-11(33)27-18-13(34)7-25(24(41)42,44-23(18)19(37)14(35)9-31)30-8-12(28-29-30)3-2-4-17(36)26-6-5-15-20(38)22(40)21(39)16(10-32)43-15/h8,13-16,18-23,31-32,34-35,37-40H,2-7,9-10H2,1H3,(H,26,36)(H,27,33)(H,41,42)/t13-,14+,15-,16+,18+,19+,20-,21-,22+,23+,25+/m0/s1. The van der Waals surface area contributed by atoms with Crippen molar-refractivity contribution in [3.63, 3.8) is 0 Å². The van der Waals surface area contributed by atoms with E-state index in [1.165, 1.54) is 6.20 Å². The predicted molar refractivity (Wildman–Crippen MR) is 142 cm³/mol. The molecule has 19 nitrogen and oxygen atoms in total. The van der Waals surface area contributed by atoms with Crippen LogP contribution < -0.4 is 10.6 Å². The minimum atomic E-state index is -2.41. The number of rotatable bonds is 14. The summed E-state index contributed by atoms with van der Waals surface area (Å²) in [7, 11) is 0. The minimum absolute atomic E-state index is 0.0204. The molecule has 250 valence electrons. The monoisotopic (exact) mass is 635 g/mol. The van der Waals surface area contributed by atoms with Crippen LogP contribution in [0.3, 0.4) is 0 Å². The number of aliphatic carboxylic acids is 1. The zero-order valence-corrected chi connectivity index (χ0v) is 23.9. The van der Waals surface area contributed by atoms with Gasteiger partial charge in [-0.2, -0.15) is 0 Å². The molecule has 2 fully saturated rings. The topological polar surface area (TPSA) is 307 Å². The third-order valence-electron chi connectivity index (χ3n) is 7.70. The first kappa shape index (κ1) is 35.6. The lowest BCUT2D eigenvalue weighted by Crippen LogP contribution is -2.67. The molecule has 3 rings (SSSR count). The van der Waals surface area contributed by atoms with Crippen molar-refractivity contribution < 1.29 is 69.8 Å². The van der Waals surface area contributed by atoms with Gasteiger partial charge in [0, 0.05) is 26.3 Å². The number of ether oxygens (including phenoxy) is 2. The summed E-state index contributed by atoms with van der Waals surface area (Å²) < 4.78 is 11.9. The van der Waals surface area contributed by atoms with Crippen LogP contribution in [0, 0.1) is 0 Å². The summed E-state index contributed by atoms with van der Waals surface area (Å²) in [5, 5.41) is 103. The van der Waals surface area contributed by atoms with Crippen molar-refractivity contribution in [2.75, 3.05) is 19.8 Å². The molecule has 19 heteroatoms. The van der Waals surface area contributed by atoms with Crippen LogP contribution in [0.25, 0.3) is 0 Å². The molecule has 0 aliphatic carbocycles. The van der Waals surface area contributed by atoms with Crippen LogP contribution in [0.15, 0.2) is 6.20 Å². The lowest BCUT2D eigenvalue weighted by molar-refractivity contribution is -0.258. The molecule has 11 atom stereocenters. The second-order valence-electron chi connectivity index (χ2n) is 10.9. The SMILES string of the molecule is CC(=O)N[C@H]1[C@H]([C@H](O)[C@H](O)CO)O[C@](C(=O)O)(n2cc(CCCC(=O)NCC[C@@H]3O[C@H](CO)[C@H](O)[C@H](O)[C@H]3O)nn2)C[C@@H]1O. The van der Waals surface area contributed by atoms with Gasteiger partial charge in [0.05, 0.1) is 43.4 Å². The molecule has 1 aromatic rings. The molecule has 2 amide bonds. The van der Waals surface area contributed by atoms with E-state index in [1.54, 1.807) is 0 Å². The summed E-state index contributed by atoms with van der Waals surface area (Å²) in [5.74, 6) is -2.62. The zero-order valence-electron chi connectivity index (χ0n) is 23.9. The number of aliphatic hydroxyl groups is 8. The summed E-state index contributed by atoms with van der Waals surface area (Å²) in [6.07, 6.45) is -12.2. The maximum absolute atomic E-state index is 12.5. The number of amides is 2. The van der Waals surface area contributed by atoms with Crippen LogP contribution in [-0.4, -0.2) is 159 Å². The molecular weight excluding hydrogens is 594 g/mol. The summed E-state index contributed by atoms with van der Waals surface area (Å²) in [4.78, 5) is 36.4. The van der Waals surface area contributed by atoms with E-state index < -0.39 is 98.2 Å². The van der Waals surface area contributed by atoms with E-state index in [9.17, 15) is 60.3 Å². The maximum Gasteiger partial charge on any atom is 0.359 e. The molecule has 2 saturated heterocycles. The third kappa shape index (κ3) is 8.05. The Morgan fingerprint density at radius 2 is 1.80 bits per heavy atom. The first-order valence-corrected chi connectivity index (χ1v) is 14.1.